The molecule has 0 radical (unpaired) electrons. The number of allylic oxidation sites excluding steroid dienone is 1. The van der Waals surface area contributed by atoms with Crippen molar-refractivity contribution in [2.45, 2.75) is 51.7 Å². The van der Waals surface area contributed by atoms with Gasteiger partial charge in [0.05, 0.1) is 12.9 Å². The highest BCUT2D eigenvalue weighted by Gasteiger charge is 2.39. The van der Waals surface area contributed by atoms with Crippen LogP contribution in [-0.4, -0.2) is 41.8 Å². The van der Waals surface area contributed by atoms with Crippen molar-refractivity contribution in [2.75, 3.05) is 20.2 Å². The van der Waals surface area contributed by atoms with Crippen molar-refractivity contribution in [1.29, 1.82) is 0 Å². The summed E-state index contributed by atoms with van der Waals surface area (Å²) in [5, 5.41) is 10.6. The Morgan fingerprint density at radius 3 is 2.89 bits per heavy atom. The van der Waals surface area contributed by atoms with Gasteiger partial charge in [0, 0.05) is 31.0 Å². The van der Waals surface area contributed by atoms with Crippen LogP contribution >= 0.6 is 0 Å². The molecule has 1 aliphatic rings. The smallest absolute Gasteiger partial charge is 0.131 e. The number of rotatable bonds is 4. The maximum absolute atomic E-state index is 10.6. The molecule has 1 heterocycles. The first-order chi connectivity index (χ1) is 8.99. The van der Waals surface area contributed by atoms with Crippen LogP contribution in [0.4, 0.5) is 0 Å². The van der Waals surface area contributed by atoms with Gasteiger partial charge in [-0.25, -0.2) is 0 Å². The van der Waals surface area contributed by atoms with Crippen molar-refractivity contribution in [3.8, 4) is 11.8 Å². The number of unbranched alkanes of at least 4 members (excludes halogenated alkanes) is 1. The van der Waals surface area contributed by atoms with Gasteiger partial charge in [-0.05, 0) is 20.4 Å². The molecule has 0 bridgehead atoms. The summed E-state index contributed by atoms with van der Waals surface area (Å²) in [6.07, 6.45) is 6.19. The van der Waals surface area contributed by atoms with E-state index in [1.54, 1.807) is 12.3 Å². The summed E-state index contributed by atoms with van der Waals surface area (Å²) in [6.45, 7) is 7.92. The van der Waals surface area contributed by atoms with Gasteiger partial charge in [-0.2, -0.15) is 0 Å². The summed E-state index contributed by atoms with van der Waals surface area (Å²) in [5.74, 6) is 6.08. The van der Waals surface area contributed by atoms with Gasteiger partial charge in [0.15, 0.2) is 0 Å². The minimum absolute atomic E-state index is 0.163. The Morgan fingerprint density at radius 1 is 1.47 bits per heavy atom. The highest BCUT2D eigenvalue weighted by atomic mass is 16.5. The second-order valence-electron chi connectivity index (χ2n) is 5.61. The standard InChI is InChI=1S/C16H27NO2/c1-5-6-10-19-11-8-7-9-16(18)12-15(3)17(4)13-14(16)2/h8,11,14-15,18H,5-6,10,12-13H2,1-4H3/b11-8+/t14-,15+,16-/m0/s1. The van der Waals surface area contributed by atoms with Crippen LogP contribution in [0.1, 0.15) is 40.0 Å². The molecule has 0 aliphatic carbocycles. The Morgan fingerprint density at radius 2 is 2.21 bits per heavy atom. The van der Waals surface area contributed by atoms with Crippen molar-refractivity contribution < 1.29 is 9.84 Å². The number of ether oxygens (including phenoxy) is 1. The average molecular weight is 265 g/mol. The molecule has 0 aromatic rings. The first-order valence-electron chi connectivity index (χ1n) is 7.21. The van der Waals surface area contributed by atoms with Crippen molar-refractivity contribution in [2.24, 2.45) is 5.92 Å². The first kappa shape index (κ1) is 16.1. The maximum atomic E-state index is 10.6. The maximum Gasteiger partial charge on any atom is 0.131 e. The monoisotopic (exact) mass is 265 g/mol. The molecule has 19 heavy (non-hydrogen) atoms. The fraction of sp³-hybridized carbons (Fsp3) is 0.750. The van der Waals surface area contributed by atoms with Gasteiger partial charge in [-0.3, -0.25) is 0 Å². The first-order valence-corrected chi connectivity index (χ1v) is 7.21. The molecule has 3 atom stereocenters. The third-order valence-corrected chi connectivity index (χ3v) is 3.89. The Hall–Kier alpha value is -0.980. The lowest BCUT2D eigenvalue weighted by Crippen LogP contribution is -2.52. The third kappa shape index (κ3) is 4.89. The predicted molar refractivity (Wildman–Crippen MR) is 78.6 cm³/mol. The van der Waals surface area contributed by atoms with Gasteiger partial charge < -0.3 is 14.7 Å². The van der Waals surface area contributed by atoms with Crippen LogP contribution in [0.2, 0.25) is 0 Å². The van der Waals surface area contributed by atoms with E-state index in [1.807, 2.05) is 0 Å². The van der Waals surface area contributed by atoms with Gasteiger partial charge in [0.25, 0.3) is 0 Å². The van der Waals surface area contributed by atoms with E-state index in [4.69, 9.17) is 4.74 Å². The zero-order valence-corrected chi connectivity index (χ0v) is 12.6. The molecule has 108 valence electrons. The van der Waals surface area contributed by atoms with E-state index in [0.29, 0.717) is 12.5 Å². The number of hydrogen-bond donors (Lipinski definition) is 1. The van der Waals surface area contributed by atoms with Gasteiger partial charge in [0.2, 0.25) is 0 Å². The fourth-order valence-corrected chi connectivity index (χ4v) is 2.29. The molecule has 1 N–H and O–H groups in total. The van der Waals surface area contributed by atoms with Crippen molar-refractivity contribution in [3.63, 3.8) is 0 Å². The van der Waals surface area contributed by atoms with Crippen LogP contribution in [0.5, 0.6) is 0 Å². The Kier molecular flexibility index (Phi) is 6.41. The number of aliphatic hydroxyl groups is 1. The van der Waals surface area contributed by atoms with Crippen molar-refractivity contribution >= 4 is 0 Å². The summed E-state index contributed by atoms with van der Waals surface area (Å²) >= 11 is 0. The third-order valence-electron chi connectivity index (χ3n) is 3.89. The van der Waals surface area contributed by atoms with E-state index >= 15 is 0 Å². The molecular formula is C16H27NO2. The van der Waals surface area contributed by atoms with Crippen LogP contribution in [-0.2, 0) is 4.74 Å². The van der Waals surface area contributed by atoms with Crippen molar-refractivity contribution in [3.05, 3.63) is 12.3 Å². The molecule has 1 fully saturated rings. The fourth-order valence-electron chi connectivity index (χ4n) is 2.29. The molecular weight excluding hydrogens is 238 g/mol. The number of likely N-dealkylation sites (tertiary alicyclic amines) is 1. The Labute approximate surface area is 117 Å². The van der Waals surface area contributed by atoms with E-state index in [0.717, 1.165) is 26.0 Å². The highest BCUT2D eigenvalue weighted by Crippen LogP contribution is 2.30. The van der Waals surface area contributed by atoms with Crippen LogP contribution < -0.4 is 0 Å². The molecule has 3 nitrogen and oxygen atoms in total. The molecule has 0 amide bonds. The van der Waals surface area contributed by atoms with Crippen LogP contribution in [0.15, 0.2) is 12.3 Å². The number of piperidine rings is 1. The zero-order chi connectivity index (χ0) is 14.3. The van der Waals surface area contributed by atoms with E-state index < -0.39 is 5.60 Å². The molecule has 0 unspecified atom stereocenters. The molecule has 1 aliphatic heterocycles. The van der Waals surface area contributed by atoms with Crippen LogP contribution in [0, 0.1) is 17.8 Å². The lowest BCUT2D eigenvalue weighted by molar-refractivity contribution is -0.0346. The largest absolute Gasteiger partial charge is 0.501 e. The molecule has 1 saturated heterocycles. The lowest BCUT2D eigenvalue weighted by Gasteiger charge is -2.42. The van der Waals surface area contributed by atoms with Crippen LogP contribution in [0.3, 0.4) is 0 Å². The highest BCUT2D eigenvalue weighted by molar-refractivity contribution is 5.24. The molecule has 3 heteroatoms. The Balaban J connectivity index is 2.50. The van der Waals surface area contributed by atoms with Crippen LogP contribution in [0.25, 0.3) is 0 Å². The second kappa shape index (κ2) is 7.57. The van der Waals surface area contributed by atoms with Gasteiger partial charge >= 0.3 is 0 Å². The predicted octanol–water partition coefficient (Wildman–Crippen LogP) is 2.41. The summed E-state index contributed by atoms with van der Waals surface area (Å²) < 4.78 is 5.29. The minimum atomic E-state index is -0.875. The summed E-state index contributed by atoms with van der Waals surface area (Å²) in [4.78, 5) is 2.27. The lowest BCUT2D eigenvalue weighted by atomic mass is 9.79. The summed E-state index contributed by atoms with van der Waals surface area (Å²) in [7, 11) is 2.09. The number of nitrogens with zero attached hydrogens (tertiary/aromatic N) is 1. The second-order valence-corrected chi connectivity index (χ2v) is 5.61. The Bertz CT molecular complexity index is 355. The molecule has 0 saturated carbocycles. The summed E-state index contributed by atoms with van der Waals surface area (Å²) in [6, 6.07) is 0.361. The van der Waals surface area contributed by atoms with Gasteiger partial charge in [-0.1, -0.05) is 32.1 Å². The summed E-state index contributed by atoms with van der Waals surface area (Å²) in [5.41, 5.74) is -0.875. The SMILES string of the molecule is CCCCO/C=C/C#C[C@]1(O)C[C@@H](C)N(C)C[C@@H]1C. The molecule has 1 rings (SSSR count). The van der Waals surface area contributed by atoms with E-state index in [1.165, 1.54) is 0 Å². The molecule has 0 aromatic carbocycles. The minimum Gasteiger partial charge on any atom is -0.501 e. The zero-order valence-electron chi connectivity index (χ0n) is 12.6. The topological polar surface area (TPSA) is 32.7 Å². The van der Waals surface area contributed by atoms with E-state index in [2.05, 4.69) is 44.6 Å². The quantitative estimate of drug-likeness (QED) is 0.481. The molecule has 0 aromatic heterocycles. The number of hydrogen-bond acceptors (Lipinski definition) is 3. The normalized spacial score (nSPS) is 32.1. The average Bonchev–Trinajstić information content (AvgIpc) is 2.36. The van der Waals surface area contributed by atoms with Gasteiger partial charge in [-0.15, -0.1) is 0 Å². The molecule has 0 spiro atoms. The van der Waals surface area contributed by atoms with Gasteiger partial charge in [0.1, 0.15) is 5.60 Å². The van der Waals surface area contributed by atoms with E-state index in [-0.39, 0.29) is 5.92 Å². The van der Waals surface area contributed by atoms with E-state index in [9.17, 15) is 5.11 Å². The van der Waals surface area contributed by atoms with Crippen molar-refractivity contribution in [1.82, 2.24) is 4.90 Å².